The number of hydrogen-bond acceptors (Lipinski definition) is 7. The zero-order chi connectivity index (χ0) is 18.7. The van der Waals surface area contributed by atoms with Gasteiger partial charge in [0.15, 0.2) is 17.3 Å². The average molecular weight is 363 g/mol. The van der Waals surface area contributed by atoms with Crippen LogP contribution in [0.5, 0.6) is 11.5 Å². The van der Waals surface area contributed by atoms with Gasteiger partial charge in [0.2, 0.25) is 18.6 Å². The van der Waals surface area contributed by atoms with Crippen LogP contribution in [0.15, 0.2) is 12.1 Å². The van der Waals surface area contributed by atoms with E-state index in [9.17, 15) is 14.4 Å². The lowest BCUT2D eigenvalue weighted by Crippen LogP contribution is -2.51. The van der Waals surface area contributed by atoms with Gasteiger partial charge in [-0.1, -0.05) is 0 Å². The minimum Gasteiger partial charge on any atom is -0.454 e. The third-order valence-corrected chi connectivity index (χ3v) is 4.39. The minimum atomic E-state index is -0.502. The highest BCUT2D eigenvalue weighted by atomic mass is 16.7. The van der Waals surface area contributed by atoms with Crippen LogP contribution in [0, 0.1) is 0 Å². The van der Waals surface area contributed by atoms with Gasteiger partial charge in [0.25, 0.3) is 0 Å². The van der Waals surface area contributed by atoms with E-state index in [-0.39, 0.29) is 30.9 Å². The molecule has 26 heavy (non-hydrogen) atoms. The average Bonchev–Trinajstić information content (AvgIpc) is 3.08. The molecule has 140 valence electrons. The third-order valence-electron chi connectivity index (χ3n) is 4.39. The molecule has 0 aliphatic carbocycles. The molecule has 9 nitrogen and oxygen atoms in total. The van der Waals surface area contributed by atoms with E-state index in [0.29, 0.717) is 48.9 Å². The Morgan fingerprint density at radius 2 is 1.77 bits per heavy atom. The molecule has 2 aliphatic heterocycles. The number of Topliss-reactive ketones (excluding diaryl/α,β-unsaturated/α-hetero) is 1. The van der Waals surface area contributed by atoms with Crippen molar-refractivity contribution >= 4 is 23.3 Å². The Morgan fingerprint density at radius 1 is 1.12 bits per heavy atom. The quantitative estimate of drug-likeness (QED) is 0.691. The number of ketones is 1. The summed E-state index contributed by atoms with van der Waals surface area (Å²) in [4.78, 5) is 39.2. The minimum absolute atomic E-state index is 0.0842. The van der Waals surface area contributed by atoms with Crippen molar-refractivity contribution in [2.75, 3.05) is 51.4 Å². The van der Waals surface area contributed by atoms with Crippen molar-refractivity contribution in [3.05, 3.63) is 17.7 Å². The number of ether oxygens (including phenoxy) is 2. The van der Waals surface area contributed by atoms with Gasteiger partial charge in [-0.2, -0.15) is 0 Å². The van der Waals surface area contributed by atoms with Crippen molar-refractivity contribution in [1.29, 1.82) is 0 Å². The molecule has 1 fully saturated rings. The van der Waals surface area contributed by atoms with Crippen LogP contribution in [0.2, 0.25) is 0 Å². The number of rotatable bonds is 5. The van der Waals surface area contributed by atoms with Crippen LogP contribution in [0.3, 0.4) is 0 Å². The van der Waals surface area contributed by atoms with E-state index >= 15 is 0 Å². The Bertz CT molecular complexity index is 727. The predicted octanol–water partition coefficient (Wildman–Crippen LogP) is -0.307. The fraction of sp³-hybridized carbons (Fsp3) is 0.471. The summed E-state index contributed by atoms with van der Waals surface area (Å²) in [6.07, 6.45) is 0. The molecule has 3 rings (SSSR count). The summed E-state index contributed by atoms with van der Waals surface area (Å²) in [5, 5.41) is 11.6. The lowest BCUT2D eigenvalue weighted by atomic mass is 10.1. The molecule has 0 unspecified atom stereocenters. The van der Waals surface area contributed by atoms with Crippen LogP contribution in [0.4, 0.5) is 5.69 Å². The smallest absolute Gasteiger partial charge is 0.248 e. The number of amides is 2. The number of hydrogen-bond donors (Lipinski definition) is 2. The molecule has 2 amide bonds. The van der Waals surface area contributed by atoms with Crippen molar-refractivity contribution < 1.29 is 29.0 Å². The number of aliphatic hydroxyl groups excluding tert-OH is 1. The molecule has 9 heteroatoms. The first-order chi connectivity index (χ1) is 12.5. The molecule has 0 aromatic heterocycles. The summed E-state index contributed by atoms with van der Waals surface area (Å²) in [7, 11) is 0. The molecule has 0 spiro atoms. The number of carbonyl (C=O) groups excluding carboxylic acids is 3. The lowest BCUT2D eigenvalue weighted by Gasteiger charge is -2.34. The fourth-order valence-corrected chi connectivity index (χ4v) is 2.98. The summed E-state index contributed by atoms with van der Waals surface area (Å²) in [6.45, 7) is 3.17. The largest absolute Gasteiger partial charge is 0.454 e. The number of fused-ring (bicyclic) bond motifs is 1. The molecule has 1 aromatic carbocycles. The van der Waals surface area contributed by atoms with E-state index in [1.807, 2.05) is 4.90 Å². The van der Waals surface area contributed by atoms with Crippen LogP contribution in [0.25, 0.3) is 0 Å². The summed E-state index contributed by atoms with van der Waals surface area (Å²) in [5.74, 6) is 0.225. The summed E-state index contributed by atoms with van der Waals surface area (Å²) < 4.78 is 10.6. The van der Waals surface area contributed by atoms with Gasteiger partial charge in [0, 0.05) is 37.8 Å². The van der Waals surface area contributed by atoms with Gasteiger partial charge in [0.05, 0.1) is 12.2 Å². The molecule has 1 saturated heterocycles. The van der Waals surface area contributed by atoms with Gasteiger partial charge in [-0.25, -0.2) is 0 Å². The van der Waals surface area contributed by atoms with E-state index < -0.39 is 6.61 Å². The summed E-state index contributed by atoms with van der Waals surface area (Å²) >= 11 is 0. The number of piperazine rings is 1. The van der Waals surface area contributed by atoms with Crippen molar-refractivity contribution in [1.82, 2.24) is 9.80 Å². The molecule has 0 radical (unpaired) electrons. The van der Waals surface area contributed by atoms with Gasteiger partial charge in [-0.05, 0) is 13.0 Å². The highest BCUT2D eigenvalue weighted by molar-refractivity contribution is 6.05. The van der Waals surface area contributed by atoms with E-state index in [2.05, 4.69) is 5.32 Å². The summed E-state index contributed by atoms with van der Waals surface area (Å²) in [6, 6.07) is 3.16. The molecule has 0 saturated carbocycles. The molecular weight excluding hydrogens is 342 g/mol. The number of nitrogens with one attached hydrogen (secondary N) is 1. The lowest BCUT2D eigenvalue weighted by molar-refractivity contribution is -0.136. The maximum atomic E-state index is 12.4. The van der Waals surface area contributed by atoms with Crippen LogP contribution in [-0.4, -0.2) is 78.6 Å². The zero-order valence-corrected chi connectivity index (χ0v) is 14.5. The first-order valence-electron chi connectivity index (χ1n) is 8.33. The Balaban J connectivity index is 1.61. The van der Waals surface area contributed by atoms with Gasteiger partial charge < -0.3 is 24.8 Å². The maximum absolute atomic E-state index is 12.4. The van der Waals surface area contributed by atoms with Crippen LogP contribution >= 0.6 is 0 Å². The Labute approximate surface area is 150 Å². The third kappa shape index (κ3) is 3.94. The normalized spacial score (nSPS) is 16.5. The molecule has 2 aliphatic rings. The van der Waals surface area contributed by atoms with Crippen molar-refractivity contribution in [3.63, 3.8) is 0 Å². The molecule has 2 N–H and O–H groups in total. The fourth-order valence-electron chi connectivity index (χ4n) is 2.98. The van der Waals surface area contributed by atoms with Gasteiger partial charge in [-0.15, -0.1) is 0 Å². The second kappa shape index (κ2) is 7.71. The summed E-state index contributed by atoms with van der Waals surface area (Å²) in [5.41, 5.74) is 0.752. The maximum Gasteiger partial charge on any atom is 0.248 e. The Hall–Kier alpha value is -2.65. The molecule has 1 aromatic rings. The van der Waals surface area contributed by atoms with Crippen molar-refractivity contribution in [3.8, 4) is 11.5 Å². The van der Waals surface area contributed by atoms with Crippen molar-refractivity contribution in [2.45, 2.75) is 6.92 Å². The Kier molecular flexibility index (Phi) is 5.38. The topological polar surface area (TPSA) is 108 Å². The number of benzene rings is 1. The highest BCUT2D eigenvalue weighted by Gasteiger charge is 2.24. The van der Waals surface area contributed by atoms with E-state index in [4.69, 9.17) is 14.6 Å². The van der Waals surface area contributed by atoms with Crippen molar-refractivity contribution in [2.24, 2.45) is 0 Å². The van der Waals surface area contributed by atoms with E-state index in [1.54, 1.807) is 17.0 Å². The molecule has 2 heterocycles. The zero-order valence-electron chi connectivity index (χ0n) is 14.5. The van der Waals surface area contributed by atoms with Gasteiger partial charge in [0.1, 0.15) is 6.61 Å². The van der Waals surface area contributed by atoms with Crippen LogP contribution in [0.1, 0.15) is 17.3 Å². The molecule has 0 bridgehead atoms. The van der Waals surface area contributed by atoms with E-state index in [1.165, 1.54) is 6.92 Å². The standard InChI is InChI=1S/C17H21N3O6/c1-11(22)12-6-14-15(26-10-25-14)7-13(12)18-16(23)8-19-2-4-20(5-3-19)17(24)9-21/h6-7,21H,2-5,8-10H2,1H3,(H,18,23). The van der Waals surface area contributed by atoms with Crippen LogP contribution in [-0.2, 0) is 9.59 Å². The first-order valence-corrected chi connectivity index (χ1v) is 8.33. The number of nitrogens with zero attached hydrogens (tertiary/aromatic N) is 2. The second-order valence-electron chi connectivity index (χ2n) is 6.17. The van der Waals surface area contributed by atoms with Gasteiger partial charge >= 0.3 is 0 Å². The number of anilines is 1. The second-order valence-corrected chi connectivity index (χ2v) is 6.17. The number of aliphatic hydroxyl groups is 1. The predicted molar refractivity (Wildman–Crippen MR) is 91.3 cm³/mol. The van der Waals surface area contributed by atoms with E-state index in [0.717, 1.165) is 0 Å². The first kappa shape index (κ1) is 18.2. The Morgan fingerprint density at radius 3 is 2.38 bits per heavy atom. The monoisotopic (exact) mass is 363 g/mol. The van der Waals surface area contributed by atoms with Crippen LogP contribution < -0.4 is 14.8 Å². The highest BCUT2D eigenvalue weighted by Crippen LogP contribution is 2.37. The molecule has 0 atom stereocenters. The molecular formula is C17H21N3O6. The SMILES string of the molecule is CC(=O)c1cc2c(cc1NC(=O)CN1CCN(C(=O)CO)CC1)OCO2. The number of carbonyl (C=O) groups is 3. The van der Waals surface area contributed by atoms with Gasteiger partial charge in [-0.3, -0.25) is 19.3 Å².